The van der Waals surface area contributed by atoms with E-state index in [0.29, 0.717) is 25.3 Å². The molecule has 0 fully saturated rings. The lowest BCUT2D eigenvalue weighted by atomic mass is 9.89. The van der Waals surface area contributed by atoms with Crippen LogP contribution in [0.5, 0.6) is 11.5 Å². The molecule has 0 unspecified atom stereocenters. The average Bonchev–Trinajstić information content (AvgIpc) is 3.27. The number of nitrogens with zero attached hydrogens (tertiary/aromatic N) is 8. The van der Waals surface area contributed by atoms with Gasteiger partial charge in [-0.2, -0.15) is 0 Å². The molecule has 0 amide bonds. The number of hydrogen-bond donors (Lipinski definition) is 2. The SMILES string of the molecule is O=C(O)c1ccc2c(c1)COc1cnccc1-2.[N-]=[N+]=NC[C@@H](CC(=O)c1ccc2c(c1)COc1cnccc1-2)c1ccccc1.[N-]=[N+]=NC[C@@H](N)c1ccccc1. The van der Waals surface area contributed by atoms with E-state index < -0.39 is 5.97 Å². The van der Waals surface area contributed by atoms with E-state index >= 15 is 0 Å². The number of carbonyl (C=O) groups is 2. The third-order valence-corrected chi connectivity index (χ3v) is 9.33. The number of fused-ring (bicyclic) bond motifs is 6. The highest BCUT2D eigenvalue weighted by atomic mass is 16.5. The van der Waals surface area contributed by atoms with E-state index in [1.165, 1.54) is 0 Å². The van der Waals surface area contributed by atoms with E-state index in [1.807, 2.05) is 97.1 Å². The third-order valence-electron chi connectivity index (χ3n) is 9.33. The Hall–Kier alpha value is -7.50. The molecule has 2 atom stereocenters. The Morgan fingerprint density at radius 2 is 1.19 bits per heavy atom. The van der Waals surface area contributed by atoms with Gasteiger partial charge in [0.15, 0.2) is 5.78 Å². The van der Waals surface area contributed by atoms with Crippen LogP contribution in [0.25, 0.3) is 43.1 Å². The first-order chi connectivity index (χ1) is 27.9. The number of carbonyl (C=O) groups excluding carboxylic acids is 1. The number of Topliss-reactive ketones (excluding diaryl/α,β-unsaturated/α-hetero) is 1. The predicted octanol–water partition coefficient (Wildman–Crippen LogP) is 9.64. The number of aromatic carboxylic acids is 1. The van der Waals surface area contributed by atoms with Crippen LogP contribution in [0, 0.1) is 0 Å². The van der Waals surface area contributed by atoms with Gasteiger partial charge in [0.2, 0.25) is 0 Å². The van der Waals surface area contributed by atoms with E-state index in [-0.39, 0.29) is 36.3 Å². The summed E-state index contributed by atoms with van der Waals surface area (Å²) < 4.78 is 11.3. The average molecular weight is 760 g/mol. The Morgan fingerprint density at radius 3 is 1.74 bits per heavy atom. The van der Waals surface area contributed by atoms with Crippen molar-refractivity contribution in [3.63, 3.8) is 0 Å². The number of pyridine rings is 2. The van der Waals surface area contributed by atoms with Crippen molar-refractivity contribution in [3.05, 3.63) is 188 Å². The van der Waals surface area contributed by atoms with Crippen LogP contribution in [0.4, 0.5) is 0 Å². The first-order valence-corrected chi connectivity index (χ1v) is 17.9. The molecule has 2 aromatic heterocycles. The summed E-state index contributed by atoms with van der Waals surface area (Å²) in [7, 11) is 0. The van der Waals surface area contributed by atoms with Crippen LogP contribution in [0.15, 0.2) is 144 Å². The Morgan fingerprint density at radius 1 is 0.684 bits per heavy atom. The molecule has 57 heavy (non-hydrogen) atoms. The Labute approximate surface area is 327 Å². The fourth-order valence-corrected chi connectivity index (χ4v) is 6.42. The number of ketones is 1. The van der Waals surface area contributed by atoms with Gasteiger partial charge in [0, 0.05) is 64.5 Å². The van der Waals surface area contributed by atoms with Gasteiger partial charge in [-0.25, -0.2) is 4.79 Å². The monoisotopic (exact) mass is 759 g/mol. The lowest BCUT2D eigenvalue weighted by molar-refractivity contribution is 0.0696. The van der Waals surface area contributed by atoms with E-state index in [9.17, 15) is 9.59 Å². The zero-order valence-corrected chi connectivity index (χ0v) is 30.6. The topological polar surface area (TPSA) is 222 Å². The number of rotatable bonds is 10. The number of carboxylic acids is 1. The Kier molecular flexibility index (Phi) is 13.2. The number of nitrogens with two attached hydrogens (primary N) is 1. The van der Waals surface area contributed by atoms with Gasteiger partial charge in [0.1, 0.15) is 24.7 Å². The number of carboxylic acid groups (broad SMARTS) is 1. The summed E-state index contributed by atoms with van der Waals surface area (Å²) in [5.41, 5.74) is 31.3. The molecular weight excluding hydrogens is 723 g/mol. The summed E-state index contributed by atoms with van der Waals surface area (Å²) >= 11 is 0. The number of azide groups is 2. The maximum Gasteiger partial charge on any atom is 0.335 e. The summed E-state index contributed by atoms with van der Waals surface area (Å²) in [6, 6.07) is 33.6. The summed E-state index contributed by atoms with van der Waals surface area (Å²) in [5, 5.41) is 16.0. The maximum atomic E-state index is 12.9. The zero-order valence-electron chi connectivity index (χ0n) is 30.6. The molecule has 0 bridgehead atoms. The third kappa shape index (κ3) is 9.98. The second-order valence-corrected chi connectivity index (χ2v) is 12.9. The molecule has 2 aliphatic rings. The quantitative estimate of drug-likeness (QED) is 0.0590. The van der Waals surface area contributed by atoms with Crippen molar-refractivity contribution < 1.29 is 24.2 Å². The van der Waals surface area contributed by atoms with E-state index in [0.717, 1.165) is 56.0 Å². The molecule has 14 nitrogen and oxygen atoms in total. The Bertz CT molecular complexity index is 2450. The van der Waals surface area contributed by atoms with Crippen LogP contribution in [0.1, 0.15) is 61.4 Å². The summed E-state index contributed by atoms with van der Waals surface area (Å²) in [6.45, 7) is 1.35. The van der Waals surface area contributed by atoms with Crippen molar-refractivity contribution in [2.75, 3.05) is 13.1 Å². The first-order valence-electron chi connectivity index (χ1n) is 17.9. The van der Waals surface area contributed by atoms with Crippen LogP contribution < -0.4 is 15.2 Å². The smallest absolute Gasteiger partial charge is 0.335 e. The van der Waals surface area contributed by atoms with Crippen LogP contribution in [0.2, 0.25) is 0 Å². The highest BCUT2D eigenvalue weighted by Crippen LogP contribution is 2.38. The van der Waals surface area contributed by atoms with Crippen molar-refractivity contribution in [2.45, 2.75) is 31.6 Å². The summed E-state index contributed by atoms with van der Waals surface area (Å²) in [6.07, 6.45) is 7.09. The summed E-state index contributed by atoms with van der Waals surface area (Å²) in [4.78, 5) is 37.4. The lowest BCUT2D eigenvalue weighted by Crippen LogP contribution is -2.12. The first kappa shape index (κ1) is 39.2. The number of benzene rings is 4. The van der Waals surface area contributed by atoms with E-state index in [1.54, 1.807) is 36.9 Å². The molecule has 2 aliphatic heterocycles. The molecule has 3 N–H and O–H groups in total. The normalized spacial score (nSPS) is 12.4. The van der Waals surface area contributed by atoms with Gasteiger partial charge in [0.25, 0.3) is 0 Å². The minimum Gasteiger partial charge on any atom is -0.487 e. The van der Waals surface area contributed by atoms with Crippen LogP contribution in [-0.4, -0.2) is 39.9 Å². The van der Waals surface area contributed by atoms with Gasteiger partial charge in [-0.1, -0.05) is 89.1 Å². The molecule has 0 aliphatic carbocycles. The maximum absolute atomic E-state index is 12.9. The number of ether oxygens (including phenoxy) is 2. The summed E-state index contributed by atoms with van der Waals surface area (Å²) in [5.74, 6) is 0.443. The molecule has 8 rings (SSSR count). The van der Waals surface area contributed by atoms with Gasteiger partial charge < -0.3 is 20.3 Å². The second-order valence-electron chi connectivity index (χ2n) is 12.9. The lowest BCUT2D eigenvalue weighted by Gasteiger charge is -2.21. The van der Waals surface area contributed by atoms with Crippen LogP contribution >= 0.6 is 0 Å². The van der Waals surface area contributed by atoms with E-state index in [2.05, 4.69) is 30.0 Å². The van der Waals surface area contributed by atoms with Crippen molar-refractivity contribution in [1.29, 1.82) is 0 Å². The highest BCUT2D eigenvalue weighted by molar-refractivity contribution is 5.97. The molecule has 0 saturated carbocycles. The molecule has 0 saturated heterocycles. The molecule has 0 spiro atoms. The molecule has 14 heteroatoms. The number of hydrogen-bond acceptors (Lipinski definition) is 9. The van der Waals surface area contributed by atoms with Crippen LogP contribution in [-0.2, 0) is 13.2 Å². The molecule has 4 heterocycles. The van der Waals surface area contributed by atoms with Crippen molar-refractivity contribution in [3.8, 4) is 33.8 Å². The van der Waals surface area contributed by atoms with Crippen LogP contribution in [0.3, 0.4) is 0 Å². The standard InChI is InChI=1S/C22H18N4O2.C13H9NO3.C8H10N4/c23-26-25-12-17(15-4-2-1-3-5-15)11-21(27)16-6-7-19-18(10-16)14-28-22-13-24-9-8-20(19)22;15-13(16)8-1-2-10-9(5-8)7-17-12-6-14-4-3-11(10)12;9-8(6-11-12-10)7-4-2-1-3-5-7/h1-10,13,17H,11-12,14H2;1-6H,7H2,(H,15,16);1-5,8H,6,9H2/t17-;;8-/m1.1/s1. The fraction of sp³-hybridized carbons (Fsp3) is 0.163. The largest absolute Gasteiger partial charge is 0.487 e. The molecule has 0 radical (unpaired) electrons. The Balaban J connectivity index is 0.000000160. The fourth-order valence-electron chi connectivity index (χ4n) is 6.42. The molecule has 284 valence electrons. The number of aromatic nitrogens is 2. The van der Waals surface area contributed by atoms with E-state index in [4.69, 9.17) is 31.4 Å². The molecular formula is C43H37N9O5. The van der Waals surface area contributed by atoms with Gasteiger partial charge in [-0.15, -0.1) is 0 Å². The van der Waals surface area contributed by atoms with Gasteiger partial charge in [-0.3, -0.25) is 14.8 Å². The van der Waals surface area contributed by atoms with Crippen molar-refractivity contribution in [2.24, 2.45) is 16.0 Å². The zero-order chi connectivity index (χ0) is 40.0. The second kappa shape index (κ2) is 19.2. The van der Waals surface area contributed by atoms with Crippen molar-refractivity contribution >= 4 is 11.8 Å². The van der Waals surface area contributed by atoms with Gasteiger partial charge in [-0.05, 0) is 80.7 Å². The molecule has 6 aromatic rings. The minimum absolute atomic E-state index is 0.0188. The van der Waals surface area contributed by atoms with Gasteiger partial charge in [0.05, 0.1) is 18.0 Å². The van der Waals surface area contributed by atoms with Crippen molar-refractivity contribution in [1.82, 2.24) is 9.97 Å². The highest BCUT2D eigenvalue weighted by Gasteiger charge is 2.22. The predicted molar refractivity (Wildman–Crippen MR) is 214 cm³/mol. The minimum atomic E-state index is -0.923. The van der Waals surface area contributed by atoms with Gasteiger partial charge >= 0.3 is 5.97 Å². The molecule has 4 aromatic carbocycles.